The number of ether oxygens (including phenoxy) is 1. The Morgan fingerprint density at radius 2 is 1.83 bits per heavy atom. The van der Waals surface area contributed by atoms with E-state index in [0.29, 0.717) is 50.3 Å². The van der Waals surface area contributed by atoms with Crippen LogP contribution < -0.4 is 15.0 Å². The molecule has 9 heteroatoms. The first-order valence-electron chi connectivity index (χ1n) is 9.60. The highest BCUT2D eigenvalue weighted by molar-refractivity contribution is 5.74. The summed E-state index contributed by atoms with van der Waals surface area (Å²) in [6.45, 7) is 2.93. The number of hydrogen-bond acceptors (Lipinski definition) is 6. The molecule has 4 rings (SSSR count). The third kappa shape index (κ3) is 4.99. The highest BCUT2D eigenvalue weighted by Gasteiger charge is 2.22. The minimum absolute atomic E-state index is 0.122. The summed E-state index contributed by atoms with van der Waals surface area (Å²) in [6.07, 6.45) is 5.05. The average molecular weight is 408 g/mol. The van der Waals surface area contributed by atoms with Crippen LogP contribution in [0.3, 0.4) is 0 Å². The van der Waals surface area contributed by atoms with Gasteiger partial charge in [-0.05, 0) is 23.8 Å². The molecule has 2 amide bonds. The van der Waals surface area contributed by atoms with Gasteiger partial charge in [-0.25, -0.2) is 24.1 Å². The Labute approximate surface area is 173 Å². The molecule has 154 valence electrons. The van der Waals surface area contributed by atoms with Crippen molar-refractivity contribution in [1.29, 1.82) is 0 Å². The van der Waals surface area contributed by atoms with E-state index < -0.39 is 0 Å². The highest BCUT2D eigenvalue weighted by Crippen LogP contribution is 2.20. The Morgan fingerprint density at radius 3 is 2.53 bits per heavy atom. The standard InChI is InChI=1S/C21H21FN6O2/c22-17-3-1-4-18(13-17)30-19-6-5-16(14-25-19)15-26-21(29)28-11-9-27(10-12-28)20-23-7-2-8-24-20/h1-8,13-14H,9-12,15H2,(H,26,29). The van der Waals surface area contributed by atoms with E-state index in [1.807, 2.05) is 6.07 Å². The monoisotopic (exact) mass is 408 g/mol. The fourth-order valence-electron chi connectivity index (χ4n) is 3.08. The number of carbonyl (C=O) groups excluding carboxylic acids is 1. The zero-order valence-electron chi connectivity index (χ0n) is 16.2. The quantitative estimate of drug-likeness (QED) is 0.699. The molecule has 0 atom stereocenters. The Kier molecular flexibility index (Phi) is 5.98. The number of nitrogens with zero attached hydrogens (tertiary/aromatic N) is 5. The maximum atomic E-state index is 13.2. The van der Waals surface area contributed by atoms with E-state index in [2.05, 4.69) is 25.2 Å². The molecule has 1 N–H and O–H groups in total. The number of anilines is 1. The largest absolute Gasteiger partial charge is 0.439 e. The zero-order chi connectivity index (χ0) is 20.8. The molecule has 2 aromatic heterocycles. The molecule has 0 spiro atoms. The topological polar surface area (TPSA) is 83.5 Å². The molecule has 0 radical (unpaired) electrons. The van der Waals surface area contributed by atoms with Crippen molar-refractivity contribution in [3.05, 3.63) is 72.4 Å². The minimum Gasteiger partial charge on any atom is -0.439 e. The molecule has 0 saturated carbocycles. The summed E-state index contributed by atoms with van der Waals surface area (Å²) in [5.41, 5.74) is 0.839. The third-order valence-corrected chi connectivity index (χ3v) is 4.66. The molecule has 8 nitrogen and oxygen atoms in total. The summed E-state index contributed by atoms with van der Waals surface area (Å²) in [5.74, 6) is 1.05. The van der Waals surface area contributed by atoms with Gasteiger partial charge in [-0.1, -0.05) is 12.1 Å². The first kappa shape index (κ1) is 19.6. The van der Waals surface area contributed by atoms with Gasteiger partial charge in [0.2, 0.25) is 11.8 Å². The van der Waals surface area contributed by atoms with Crippen LogP contribution in [0, 0.1) is 5.82 Å². The summed E-state index contributed by atoms with van der Waals surface area (Å²) in [4.78, 5) is 29.0. The van der Waals surface area contributed by atoms with Crippen molar-refractivity contribution < 1.29 is 13.9 Å². The van der Waals surface area contributed by atoms with Crippen LogP contribution in [0.2, 0.25) is 0 Å². The lowest BCUT2D eigenvalue weighted by Gasteiger charge is -2.34. The lowest BCUT2D eigenvalue weighted by Crippen LogP contribution is -2.52. The number of rotatable bonds is 5. The maximum Gasteiger partial charge on any atom is 0.317 e. The Hall–Kier alpha value is -3.75. The van der Waals surface area contributed by atoms with Crippen molar-refractivity contribution in [2.75, 3.05) is 31.1 Å². The number of halogens is 1. The predicted octanol–water partition coefficient (Wildman–Crippen LogP) is 2.83. The van der Waals surface area contributed by atoms with E-state index >= 15 is 0 Å². The lowest BCUT2D eigenvalue weighted by molar-refractivity contribution is 0.193. The Balaban J connectivity index is 1.24. The van der Waals surface area contributed by atoms with Crippen LogP contribution in [-0.4, -0.2) is 52.1 Å². The van der Waals surface area contributed by atoms with Crippen molar-refractivity contribution in [2.24, 2.45) is 0 Å². The van der Waals surface area contributed by atoms with Gasteiger partial charge in [0, 0.05) is 63.4 Å². The Morgan fingerprint density at radius 1 is 1.03 bits per heavy atom. The van der Waals surface area contributed by atoms with Gasteiger partial charge in [-0.3, -0.25) is 0 Å². The van der Waals surface area contributed by atoms with Gasteiger partial charge in [0.15, 0.2) is 0 Å². The number of pyridine rings is 1. The van der Waals surface area contributed by atoms with Crippen LogP contribution in [0.4, 0.5) is 15.1 Å². The highest BCUT2D eigenvalue weighted by atomic mass is 19.1. The molecule has 3 heterocycles. The van der Waals surface area contributed by atoms with Gasteiger partial charge >= 0.3 is 6.03 Å². The Bertz CT molecular complexity index is 978. The van der Waals surface area contributed by atoms with E-state index in [-0.39, 0.29) is 11.8 Å². The third-order valence-electron chi connectivity index (χ3n) is 4.66. The van der Waals surface area contributed by atoms with Crippen molar-refractivity contribution in [3.8, 4) is 11.6 Å². The summed E-state index contributed by atoms with van der Waals surface area (Å²) >= 11 is 0. The van der Waals surface area contributed by atoms with Gasteiger partial charge in [-0.15, -0.1) is 0 Å². The molecular weight excluding hydrogens is 387 g/mol. The number of hydrogen-bond donors (Lipinski definition) is 1. The van der Waals surface area contributed by atoms with Gasteiger partial charge in [-0.2, -0.15) is 0 Å². The first-order valence-corrected chi connectivity index (χ1v) is 9.60. The van der Waals surface area contributed by atoms with E-state index in [9.17, 15) is 9.18 Å². The lowest BCUT2D eigenvalue weighted by atomic mass is 10.3. The van der Waals surface area contributed by atoms with Gasteiger partial charge in [0.25, 0.3) is 0 Å². The average Bonchev–Trinajstić information content (AvgIpc) is 2.79. The molecule has 1 aromatic carbocycles. The van der Waals surface area contributed by atoms with Crippen LogP contribution >= 0.6 is 0 Å². The van der Waals surface area contributed by atoms with Crippen LogP contribution in [0.1, 0.15) is 5.56 Å². The summed E-state index contributed by atoms with van der Waals surface area (Å²) in [7, 11) is 0. The number of benzene rings is 1. The number of urea groups is 1. The normalized spacial score (nSPS) is 13.8. The fraction of sp³-hybridized carbons (Fsp3) is 0.238. The SMILES string of the molecule is O=C(NCc1ccc(Oc2cccc(F)c2)nc1)N1CCN(c2ncccn2)CC1. The smallest absolute Gasteiger partial charge is 0.317 e. The molecule has 3 aromatic rings. The summed E-state index contributed by atoms with van der Waals surface area (Å²) < 4.78 is 18.7. The molecule has 0 bridgehead atoms. The van der Waals surface area contributed by atoms with Crippen LogP contribution in [0.5, 0.6) is 11.6 Å². The minimum atomic E-state index is -0.371. The van der Waals surface area contributed by atoms with Gasteiger partial charge < -0.3 is 19.9 Å². The summed E-state index contributed by atoms with van der Waals surface area (Å²) in [5, 5.41) is 2.91. The zero-order valence-corrected chi connectivity index (χ0v) is 16.2. The van der Waals surface area contributed by atoms with Crippen molar-refractivity contribution in [1.82, 2.24) is 25.2 Å². The molecule has 1 aliphatic rings. The van der Waals surface area contributed by atoms with E-state index in [0.717, 1.165) is 5.56 Å². The van der Waals surface area contributed by atoms with E-state index in [1.165, 1.54) is 12.1 Å². The number of nitrogens with one attached hydrogen (secondary N) is 1. The molecule has 1 fully saturated rings. The van der Waals surface area contributed by atoms with Gasteiger partial charge in [0.05, 0.1) is 0 Å². The van der Waals surface area contributed by atoms with Crippen LogP contribution in [-0.2, 0) is 6.54 Å². The second-order valence-electron chi connectivity index (χ2n) is 6.75. The number of carbonyl (C=O) groups is 1. The van der Waals surface area contributed by atoms with E-state index in [4.69, 9.17) is 4.74 Å². The van der Waals surface area contributed by atoms with E-state index in [1.54, 1.807) is 47.8 Å². The second-order valence-corrected chi connectivity index (χ2v) is 6.75. The number of aromatic nitrogens is 3. The molecule has 1 aliphatic heterocycles. The summed E-state index contributed by atoms with van der Waals surface area (Å²) in [6, 6.07) is 11.0. The first-order chi connectivity index (χ1) is 14.7. The van der Waals surface area contributed by atoms with Crippen molar-refractivity contribution >= 4 is 12.0 Å². The fourth-order valence-corrected chi connectivity index (χ4v) is 3.08. The molecule has 30 heavy (non-hydrogen) atoms. The van der Waals surface area contributed by atoms with Crippen molar-refractivity contribution in [2.45, 2.75) is 6.54 Å². The number of amides is 2. The molecule has 0 unspecified atom stereocenters. The number of piperazine rings is 1. The van der Waals surface area contributed by atoms with Crippen molar-refractivity contribution in [3.63, 3.8) is 0 Å². The maximum absolute atomic E-state index is 13.2. The molecular formula is C21H21FN6O2. The van der Waals surface area contributed by atoms with Crippen LogP contribution in [0.15, 0.2) is 61.1 Å². The predicted molar refractivity (Wildman–Crippen MR) is 109 cm³/mol. The van der Waals surface area contributed by atoms with Gasteiger partial charge in [0.1, 0.15) is 11.6 Å². The molecule has 1 saturated heterocycles. The molecule has 0 aliphatic carbocycles. The second kappa shape index (κ2) is 9.17. The van der Waals surface area contributed by atoms with Crippen LogP contribution in [0.25, 0.3) is 0 Å².